The summed E-state index contributed by atoms with van der Waals surface area (Å²) in [6.45, 7) is 4.90. The largest absolute Gasteiger partial charge is 0.383 e. The lowest BCUT2D eigenvalue weighted by atomic mass is 10.00. The molecule has 7 nitrogen and oxygen atoms in total. The van der Waals surface area contributed by atoms with Crippen molar-refractivity contribution < 1.29 is 13.5 Å². The fourth-order valence-corrected chi connectivity index (χ4v) is 4.09. The van der Waals surface area contributed by atoms with Crippen LogP contribution in [0.2, 0.25) is 0 Å². The molecule has 0 aliphatic heterocycles. The Hall–Kier alpha value is -1.94. The zero-order valence-electron chi connectivity index (χ0n) is 16.2. The maximum atomic E-state index is 12.2. The minimum atomic E-state index is -3.41. The molecule has 0 saturated heterocycles. The van der Waals surface area contributed by atoms with Gasteiger partial charge in [-0.2, -0.15) is 11.3 Å². The number of nitrogens with zero attached hydrogens (tertiary/aromatic N) is 1. The molecule has 0 amide bonds. The highest BCUT2D eigenvalue weighted by atomic mass is 32.2. The Kier molecular flexibility index (Phi) is 8.43. The minimum Gasteiger partial charge on any atom is -0.383 e. The van der Waals surface area contributed by atoms with Crippen molar-refractivity contribution >= 4 is 27.3 Å². The first kappa shape index (κ1) is 22.4. The topological polar surface area (TPSA) is 103 Å². The predicted molar refractivity (Wildman–Crippen MR) is 115 cm³/mol. The molecule has 1 aromatic heterocycles. The molecule has 1 heterocycles. The van der Waals surface area contributed by atoms with Gasteiger partial charge in [0, 0.05) is 19.6 Å². The molecule has 1 unspecified atom stereocenters. The van der Waals surface area contributed by atoms with Crippen LogP contribution in [0.25, 0.3) is 0 Å². The highest BCUT2D eigenvalue weighted by Gasteiger charge is 2.23. The van der Waals surface area contributed by atoms with E-state index in [2.05, 4.69) is 20.3 Å². The van der Waals surface area contributed by atoms with E-state index in [-0.39, 0.29) is 25.4 Å². The number of rotatable bonds is 10. The van der Waals surface area contributed by atoms with Crippen LogP contribution in [0.15, 0.2) is 52.2 Å². The second-order valence-electron chi connectivity index (χ2n) is 6.53. The molecular formula is C19H28N4O3S2. The van der Waals surface area contributed by atoms with Gasteiger partial charge in [0.2, 0.25) is 10.0 Å². The fourth-order valence-electron chi connectivity index (χ4n) is 2.40. The van der Waals surface area contributed by atoms with Crippen LogP contribution in [0, 0.1) is 0 Å². The van der Waals surface area contributed by atoms with E-state index < -0.39 is 15.6 Å². The van der Waals surface area contributed by atoms with Crippen LogP contribution in [0.3, 0.4) is 0 Å². The van der Waals surface area contributed by atoms with Gasteiger partial charge in [-0.3, -0.25) is 0 Å². The molecular weight excluding hydrogens is 396 g/mol. The van der Waals surface area contributed by atoms with Crippen molar-refractivity contribution in [1.82, 2.24) is 15.4 Å². The number of hydrogen-bond donors (Lipinski definition) is 4. The summed E-state index contributed by atoms with van der Waals surface area (Å²) >= 11 is 1.52. The van der Waals surface area contributed by atoms with Crippen molar-refractivity contribution in [2.75, 3.05) is 25.4 Å². The number of aliphatic hydroxyl groups is 1. The van der Waals surface area contributed by atoms with Crippen molar-refractivity contribution in [2.45, 2.75) is 26.0 Å². The van der Waals surface area contributed by atoms with Crippen LogP contribution >= 0.6 is 11.3 Å². The summed E-state index contributed by atoms with van der Waals surface area (Å²) < 4.78 is 26.9. The molecule has 2 aromatic rings. The third-order valence-electron chi connectivity index (χ3n) is 4.03. The van der Waals surface area contributed by atoms with Gasteiger partial charge >= 0.3 is 0 Å². The summed E-state index contributed by atoms with van der Waals surface area (Å²) in [5.41, 5.74) is 0.639. The van der Waals surface area contributed by atoms with E-state index in [4.69, 9.17) is 0 Å². The van der Waals surface area contributed by atoms with E-state index in [1.54, 1.807) is 6.92 Å². The Bertz CT molecular complexity index is 835. The lowest BCUT2D eigenvalue weighted by Gasteiger charge is -2.21. The normalized spacial score (nSPS) is 14.5. The number of sulfonamides is 1. The average molecular weight is 425 g/mol. The van der Waals surface area contributed by atoms with Crippen molar-refractivity contribution in [2.24, 2.45) is 4.99 Å². The molecule has 0 aliphatic carbocycles. The second-order valence-corrected chi connectivity index (χ2v) is 9.24. The van der Waals surface area contributed by atoms with Gasteiger partial charge in [-0.05, 0) is 41.8 Å². The maximum Gasteiger partial charge on any atom is 0.213 e. The Labute approximate surface area is 171 Å². The quantitative estimate of drug-likeness (QED) is 0.343. The number of nitrogens with one attached hydrogen (secondary N) is 3. The van der Waals surface area contributed by atoms with E-state index in [0.29, 0.717) is 12.5 Å². The van der Waals surface area contributed by atoms with Crippen LogP contribution in [0.4, 0.5) is 0 Å². The first-order valence-corrected chi connectivity index (χ1v) is 11.7. The van der Waals surface area contributed by atoms with Crippen LogP contribution in [-0.2, 0) is 22.2 Å². The van der Waals surface area contributed by atoms with Gasteiger partial charge in [0.1, 0.15) is 5.60 Å². The standard InChI is InChI=1S/C19H28N4O3S2/c1-3-20-18(22-15-19(2,24)17-9-11-27-14-17)21-10-12-28(25,26)23-13-16-7-5-4-6-8-16/h4-9,11,14,23-24H,3,10,12-13,15H2,1-2H3,(H2,20,21,22). The molecule has 4 N–H and O–H groups in total. The molecule has 0 saturated carbocycles. The lowest BCUT2D eigenvalue weighted by Crippen LogP contribution is -2.42. The molecule has 0 radical (unpaired) electrons. The van der Waals surface area contributed by atoms with Gasteiger partial charge in [0.15, 0.2) is 5.96 Å². The summed E-state index contributed by atoms with van der Waals surface area (Å²) in [7, 11) is -3.41. The van der Waals surface area contributed by atoms with E-state index >= 15 is 0 Å². The number of aliphatic imine (C=N–C) groups is 1. The predicted octanol–water partition coefficient (Wildman–Crippen LogP) is 1.63. The first-order valence-electron chi connectivity index (χ1n) is 9.11. The Morgan fingerprint density at radius 1 is 1.21 bits per heavy atom. The fraction of sp³-hybridized carbons (Fsp3) is 0.421. The van der Waals surface area contributed by atoms with Crippen molar-refractivity contribution in [3.05, 3.63) is 58.3 Å². The third kappa shape index (κ3) is 7.59. The van der Waals surface area contributed by atoms with E-state index in [9.17, 15) is 13.5 Å². The minimum absolute atomic E-state index is 0.0782. The highest BCUT2D eigenvalue weighted by Crippen LogP contribution is 2.23. The van der Waals surface area contributed by atoms with Crippen molar-refractivity contribution in [1.29, 1.82) is 0 Å². The first-order chi connectivity index (χ1) is 13.3. The van der Waals surface area contributed by atoms with Crippen LogP contribution in [-0.4, -0.2) is 44.9 Å². The molecule has 154 valence electrons. The molecule has 0 bridgehead atoms. The van der Waals surface area contributed by atoms with Crippen molar-refractivity contribution in [3.63, 3.8) is 0 Å². The average Bonchev–Trinajstić information content (AvgIpc) is 3.21. The molecule has 0 fully saturated rings. The molecule has 0 spiro atoms. The summed E-state index contributed by atoms with van der Waals surface area (Å²) in [5, 5.41) is 20.4. The molecule has 1 aromatic carbocycles. The number of guanidine groups is 1. The third-order valence-corrected chi connectivity index (χ3v) is 6.04. The molecule has 0 aliphatic rings. The van der Waals surface area contributed by atoms with Gasteiger partial charge in [0.05, 0.1) is 12.3 Å². The van der Waals surface area contributed by atoms with Gasteiger partial charge < -0.3 is 15.7 Å². The van der Waals surface area contributed by atoms with Crippen LogP contribution < -0.4 is 15.4 Å². The smallest absolute Gasteiger partial charge is 0.213 e. The molecule has 9 heteroatoms. The number of thiophene rings is 1. The Morgan fingerprint density at radius 2 is 1.96 bits per heavy atom. The summed E-state index contributed by atoms with van der Waals surface area (Å²) in [6, 6.07) is 11.2. The van der Waals surface area contributed by atoms with E-state index in [1.165, 1.54) is 11.3 Å². The molecule has 2 rings (SSSR count). The van der Waals surface area contributed by atoms with Crippen molar-refractivity contribution in [3.8, 4) is 0 Å². The van der Waals surface area contributed by atoms with E-state index in [1.807, 2.05) is 54.1 Å². The zero-order chi connectivity index (χ0) is 20.5. The number of benzene rings is 1. The summed E-state index contributed by atoms with van der Waals surface area (Å²) in [5.74, 6) is 0.391. The van der Waals surface area contributed by atoms with Crippen LogP contribution in [0.5, 0.6) is 0 Å². The lowest BCUT2D eigenvalue weighted by molar-refractivity contribution is 0.0677. The summed E-state index contributed by atoms with van der Waals surface area (Å²) in [4.78, 5) is 4.39. The highest BCUT2D eigenvalue weighted by molar-refractivity contribution is 7.89. The Morgan fingerprint density at radius 3 is 2.61 bits per heavy atom. The Balaban J connectivity index is 1.84. The zero-order valence-corrected chi connectivity index (χ0v) is 17.8. The SMILES string of the molecule is CCNC(=NCC(C)(O)c1ccsc1)NCCS(=O)(=O)NCc1ccccc1. The summed E-state index contributed by atoms with van der Waals surface area (Å²) in [6.07, 6.45) is 0. The molecule has 28 heavy (non-hydrogen) atoms. The molecule has 1 atom stereocenters. The van der Waals surface area contributed by atoms with Gasteiger partial charge in [-0.15, -0.1) is 0 Å². The monoisotopic (exact) mass is 424 g/mol. The van der Waals surface area contributed by atoms with E-state index in [0.717, 1.165) is 11.1 Å². The number of hydrogen-bond acceptors (Lipinski definition) is 5. The van der Waals surface area contributed by atoms with Crippen LogP contribution in [0.1, 0.15) is 25.0 Å². The van der Waals surface area contributed by atoms with Gasteiger partial charge in [-0.25, -0.2) is 18.1 Å². The second kappa shape index (κ2) is 10.6. The van der Waals surface area contributed by atoms with Gasteiger partial charge in [-0.1, -0.05) is 30.3 Å². The van der Waals surface area contributed by atoms with Gasteiger partial charge in [0.25, 0.3) is 0 Å². The maximum absolute atomic E-state index is 12.2.